The summed E-state index contributed by atoms with van der Waals surface area (Å²) in [5, 5.41) is 0.391. The molecule has 0 saturated carbocycles. The van der Waals surface area contributed by atoms with Gasteiger partial charge in [-0.1, -0.05) is 17.7 Å². The first-order valence-electron chi connectivity index (χ1n) is 5.94. The monoisotopic (exact) mass is 312 g/mol. The molecule has 1 heterocycles. The molecule has 3 rings (SSSR count). The number of fused-ring (bicyclic) bond motifs is 1. The number of imidazole rings is 1. The second-order valence-corrected chi connectivity index (χ2v) is 4.91. The van der Waals surface area contributed by atoms with Crippen LogP contribution in [-0.2, 0) is 6.18 Å². The average molecular weight is 313 g/mol. The Kier molecular flexibility index (Phi) is 3.06. The lowest BCUT2D eigenvalue weighted by Crippen LogP contribution is -2.15. The Labute approximate surface area is 121 Å². The van der Waals surface area contributed by atoms with Crippen molar-refractivity contribution in [3.8, 4) is 5.69 Å². The number of aromatic nitrogens is 2. The van der Waals surface area contributed by atoms with E-state index in [-0.39, 0.29) is 5.69 Å². The summed E-state index contributed by atoms with van der Waals surface area (Å²) < 4.78 is 39.5. The van der Waals surface area contributed by atoms with E-state index < -0.39 is 17.4 Å². The molecule has 3 nitrogen and oxygen atoms in total. The number of H-pyrrole nitrogens is 1. The number of alkyl halides is 3. The molecule has 0 saturated heterocycles. The molecule has 0 aliphatic carbocycles. The summed E-state index contributed by atoms with van der Waals surface area (Å²) in [4.78, 5) is 14.6. The lowest BCUT2D eigenvalue weighted by atomic mass is 10.2. The van der Waals surface area contributed by atoms with Gasteiger partial charge in [-0.2, -0.15) is 13.2 Å². The Morgan fingerprint density at radius 3 is 2.57 bits per heavy atom. The Balaban J connectivity index is 2.28. The molecule has 2 aromatic carbocycles. The SMILES string of the molecule is O=c1[nH]c2ccc(Cl)cc2n1-c1cccc(C(F)(F)F)c1. The van der Waals surface area contributed by atoms with Crippen molar-refractivity contribution in [2.24, 2.45) is 0 Å². The maximum Gasteiger partial charge on any atom is 0.416 e. The number of nitrogens with one attached hydrogen (secondary N) is 1. The number of hydrogen-bond donors (Lipinski definition) is 1. The largest absolute Gasteiger partial charge is 0.416 e. The van der Waals surface area contributed by atoms with Crippen molar-refractivity contribution in [3.63, 3.8) is 0 Å². The van der Waals surface area contributed by atoms with Gasteiger partial charge in [-0.3, -0.25) is 4.57 Å². The molecule has 7 heteroatoms. The van der Waals surface area contributed by atoms with Crippen LogP contribution in [-0.4, -0.2) is 9.55 Å². The highest BCUT2D eigenvalue weighted by Crippen LogP contribution is 2.30. The van der Waals surface area contributed by atoms with Crippen molar-refractivity contribution >= 4 is 22.6 Å². The molecule has 108 valence electrons. The molecule has 0 fully saturated rings. The predicted molar refractivity (Wildman–Crippen MR) is 73.9 cm³/mol. The van der Waals surface area contributed by atoms with E-state index in [1.807, 2.05) is 0 Å². The van der Waals surface area contributed by atoms with Crippen molar-refractivity contribution in [3.05, 3.63) is 63.5 Å². The highest BCUT2D eigenvalue weighted by Gasteiger charge is 2.30. The maximum absolute atomic E-state index is 12.8. The zero-order chi connectivity index (χ0) is 15.2. The normalized spacial score (nSPS) is 12.0. The molecule has 0 unspecified atom stereocenters. The fourth-order valence-corrected chi connectivity index (χ4v) is 2.32. The number of rotatable bonds is 1. The van der Waals surface area contributed by atoms with E-state index in [2.05, 4.69) is 4.98 Å². The second kappa shape index (κ2) is 4.66. The first-order valence-corrected chi connectivity index (χ1v) is 6.32. The van der Waals surface area contributed by atoms with Crippen LogP contribution >= 0.6 is 11.6 Å². The average Bonchev–Trinajstić information content (AvgIpc) is 2.73. The van der Waals surface area contributed by atoms with Crippen LogP contribution in [0.3, 0.4) is 0 Å². The topological polar surface area (TPSA) is 37.8 Å². The molecule has 3 aromatic rings. The molecule has 1 N–H and O–H groups in total. The zero-order valence-corrected chi connectivity index (χ0v) is 11.2. The number of hydrogen-bond acceptors (Lipinski definition) is 1. The van der Waals surface area contributed by atoms with Gasteiger partial charge in [0, 0.05) is 5.02 Å². The van der Waals surface area contributed by atoms with Crippen LogP contribution in [0.2, 0.25) is 5.02 Å². The first-order chi connectivity index (χ1) is 9.86. The smallest absolute Gasteiger partial charge is 0.305 e. The molecule has 0 aliphatic heterocycles. The second-order valence-electron chi connectivity index (χ2n) is 4.48. The summed E-state index contributed by atoms with van der Waals surface area (Å²) in [5.74, 6) is 0. The predicted octanol–water partition coefficient (Wildman–Crippen LogP) is 3.99. The summed E-state index contributed by atoms with van der Waals surface area (Å²) >= 11 is 5.88. The number of halogens is 4. The highest BCUT2D eigenvalue weighted by molar-refractivity contribution is 6.31. The van der Waals surface area contributed by atoms with Crippen molar-refractivity contribution in [2.45, 2.75) is 6.18 Å². The molecular weight excluding hydrogens is 305 g/mol. The summed E-state index contributed by atoms with van der Waals surface area (Å²) in [6, 6.07) is 9.29. The first kappa shape index (κ1) is 13.8. The van der Waals surface area contributed by atoms with Crippen molar-refractivity contribution in [1.82, 2.24) is 9.55 Å². The lowest BCUT2D eigenvalue weighted by molar-refractivity contribution is -0.137. The maximum atomic E-state index is 12.8. The van der Waals surface area contributed by atoms with Crippen LogP contribution in [0, 0.1) is 0 Å². The van der Waals surface area contributed by atoms with E-state index in [9.17, 15) is 18.0 Å². The van der Waals surface area contributed by atoms with Gasteiger partial charge in [-0.15, -0.1) is 0 Å². The van der Waals surface area contributed by atoms with Crippen molar-refractivity contribution < 1.29 is 13.2 Å². The Bertz CT molecular complexity index is 880. The third-order valence-electron chi connectivity index (χ3n) is 3.08. The van der Waals surface area contributed by atoms with Gasteiger partial charge in [-0.05, 0) is 36.4 Å². The number of aromatic amines is 1. The third-order valence-corrected chi connectivity index (χ3v) is 3.31. The number of benzene rings is 2. The van der Waals surface area contributed by atoms with E-state index >= 15 is 0 Å². The highest BCUT2D eigenvalue weighted by atomic mass is 35.5. The number of nitrogens with zero attached hydrogens (tertiary/aromatic N) is 1. The van der Waals surface area contributed by atoms with Gasteiger partial charge in [0.1, 0.15) is 0 Å². The molecule has 21 heavy (non-hydrogen) atoms. The summed E-state index contributed by atoms with van der Waals surface area (Å²) in [6.07, 6.45) is -4.47. The van der Waals surface area contributed by atoms with Gasteiger partial charge in [0.15, 0.2) is 0 Å². The summed E-state index contributed by atoms with van der Waals surface area (Å²) in [5.41, 5.74) is -0.285. The molecule has 1 aromatic heterocycles. The zero-order valence-electron chi connectivity index (χ0n) is 10.4. The van der Waals surface area contributed by atoms with E-state index in [1.54, 1.807) is 12.1 Å². The van der Waals surface area contributed by atoms with Gasteiger partial charge in [-0.25, -0.2) is 4.79 Å². The van der Waals surface area contributed by atoms with Crippen LogP contribution in [0.4, 0.5) is 13.2 Å². The van der Waals surface area contributed by atoms with Crippen LogP contribution in [0.1, 0.15) is 5.56 Å². The molecule has 0 amide bonds. The van der Waals surface area contributed by atoms with E-state index in [0.717, 1.165) is 16.7 Å². The minimum absolute atomic E-state index is 0.128. The standard InChI is InChI=1S/C14H8ClF3N2O/c15-9-4-5-11-12(7-9)20(13(21)19-11)10-3-1-2-8(6-10)14(16,17)18/h1-7H,(H,19,21). The van der Waals surface area contributed by atoms with Crippen LogP contribution in [0.25, 0.3) is 16.7 Å². The summed E-state index contributed by atoms with van der Waals surface area (Å²) in [6.45, 7) is 0. The van der Waals surface area contributed by atoms with Gasteiger partial charge in [0.05, 0.1) is 22.3 Å². The van der Waals surface area contributed by atoms with Crippen LogP contribution < -0.4 is 5.69 Å². The Morgan fingerprint density at radius 1 is 1.10 bits per heavy atom. The van der Waals surface area contributed by atoms with Gasteiger partial charge < -0.3 is 4.98 Å². The minimum atomic E-state index is -4.47. The molecule has 0 aliphatic rings. The molecule has 0 atom stereocenters. The Morgan fingerprint density at radius 2 is 1.86 bits per heavy atom. The van der Waals surface area contributed by atoms with Gasteiger partial charge in [0.2, 0.25) is 0 Å². The van der Waals surface area contributed by atoms with Gasteiger partial charge in [0.25, 0.3) is 0 Å². The van der Waals surface area contributed by atoms with E-state index in [0.29, 0.717) is 16.1 Å². The van der Waals surface area contributed by atoms with Crippen LogP contribution in [0.5, 0.6) is 0 Å². The van der Waals surface area contributed by atoms with Crippen LogP contribution in [0.15, 0.2) is 47.3 Å². The summed E-state index contributed by atoms with van der Waals surface area (Å²) in [7, 11) is 0. The minimum Gasteiger partial charge on any atom is -0.305 e. The molecular formula is C14H8ClF3N2O. The molecule has 0 bridgehead atoms. The Hall–Kier alpha value is -2.21. The lowest BCUT2D eigenvalue weighted by Gasteiger charge is -2.09. The fourth-order valence-electron chi connectivity index (χ4n) is 2.15. The van der Waals surface area contributed by atoms with E-state index in [1.165, 1.54) is 18.2 Å². The quantitative estimate of drug-likeness (QED) is 0.725. The van der Waals surface area contributed by atoms with Gasteiger partial charge >= 0.3 is 11.9 Å². The third kappa shape index (κ3) is 2.42. The molecule has 0 spiro atoms. The van der Waals surface area contributed by atoms with E-state index in [4.69, 9.17) is 11.6 Å². The molecule has 0 radical (unpaired) electrons. The van der Waals surface area contributed by atoms with Crippen molar-refractivity contribution in [1.29, 1.82) is 0 Å². The fraction of sp³-hybridized carbons (Fsp3) is 0.0714. The van der Waals surface area contributed by atoms with Crippen molar-refractivity contribution in [2.75, 3.05) is 0 Å².